The second kappa shape index (κ2) is 7.72. The standard InChI is InChI=1S/C18H21FN2O5/c19-13-9-20(10-13)16(22)14-7-4-8-21(15(14)17(23)24)18(25)26-11-12-5-2-1-3-6-12/h1-3,5-6,13-15H,4,7-11H2,(H,23,24)/t14-,15+/m0/s1. The van der Waals surface area contributed by atoms with Crippen LogP contribution >= 0.6 is 0 Å². The number of aliphatic carboxylic acids is 1. The number of ether oxygens (including phenoxy) is 1. The summed E-state index contributed by atoms with van der Waals surface area (Å²) in [6, 6.07) is 7.75. The van der Waals surface area contributed by atoms with Gasteiger partial charge in [0.2, 0.25) is 5.91 Å². The van der Waals surface area contributed by atoms with E-state index in [1.165, 1.54) is 4.90 Å². The normalized spacial score (nSPS) is 23.3. The quantitative estimate of drug-likeness (QED) is 0.878. The minimum Gasteiger partial charge on any atom is -0.480 e. The molecule has 2 aliphatic heterocycles. The van der Waals surface area contributed by atoms with Crippen LogP contribution in [0.2, 0.25) is 0 Å². The maximum absolute atomic E-state index is 13.0. The van der Waals surface area contributed by atoms with Crippen molar-refractivity contribution in [2.24, 2.45) is 5.92 Å². The highest BCUT2D eigenvalue weighted by atomic mass is 19.1. The topological polar surface area (TPSA) is 87.2 Å². The Hall–Kier alpha value is -2.64. The van der Waals surface area contributed by atoms with Crippen molar-refractivity contribution >= 4 is 18.0 Å². The molecule has 0 aromatic heterocycles. The van der Waals surface area contributed by atoms with E-state index in [-0.39, 0.29) is 26.2 Å². The fraction of sp³-hybridized carbons (Fsp3) is 0.500. The van der Waals surface area contributed by atoms with Gasteiger partial charge in [-0.2, -0.15) is 0 Å². The van der Waals surface area contributed by atoms with Crippen molar-refractivity contribution in [1.29, 1.82) is 0 Å². The maximum atomic E-state index is 13.0. The van der Waals surface area contributed by atoms with Crippen molar-refractivity contribution in [2.75, 3.05) is 19.6 Å². The van der Waals surface area contributed by atoms with Gasteiger partial charge in [0.05, 0.1) is 19.0 Å². The molecule has 0 bridgehead atoms. The Morgan fingerprint density at radius 2 is 1.88 bits per heavy atom. The van der Waals surface area contributed by atoms with Gasteiger partial charge in [-0.25, -0.2) is 14.0 Å². The van der Waals surface area contributed by atoms with E-state index in [9.17, 15) is 23.9 Å². The number of hydrogen-bond acceptors (Lipinski definition) is 4. The molecule has 1 aromatic carbocycles. The first-order valence-corrected chi connectivity index (χ1v) is 8.60. The Balaban J connectivity index is 1.67. The van der Waals surface area contributed by atoms with Gasteiger partial charge in [-0.05, 0) is 18.4 Å². The van der Waals surface area contributed by atoms with Crippen molar-refractivity contribution in [3.05, 3.63) is 35.9 Å². The number of hydrogen-bond donors (Lipinski definition) is 1. The molecule has 8 heteroatoms. The van der Waals surface area contributed by atoms with Gasteiger partial charge in [-0.1, -0.05) is 30.3 Å². The van der Waals surface area contributed by atoms with Gasteiger partial charge in [-0.15, -0.1) is 0 Å². The third-order valence-electron chi connectivity index (χ3n) is 4.79. The highest BCUT2D eigenvalue weighted by Gasteiger charge is 2.46. The number of likely N-dealkylation sites (tertiary alicyclic amines) is 2. The van der Waals surface area contributed by atoms with Gasteiger partial charge < -0.3 is 14.7 Å². The summed E-state index contributed by atoms with van der Waals surface area (Å²) < 4.78 is 18.3. The van der Waals surface area contributed by atoms with E-state index in [2.05, 4.69) is 0 Å². The van der Waals surface area contributed by atoms with E-state index >= 15 is 0 Å². The SMILES string of the molecule is O=C(O)[C@H]1[C@@H](C(=O)N2CC(F)C2)CCCN1C(=O)OCc1ccccc1. The summed E-state index contributed by atoms with van der Waals surface area (Å²) in [5.41, 5.74) is 0.784. The summed E-state index contributed by atoms with van der Waals surface area (Å²) in [5.74, 6) is -2.54. The summed E-state index contributed by atoms with van der Waals surface area (Å²) >= 11 is 0. The van der Waals surface area contributed by atoms with Gasteiger partial charge in [0.25, 0.3) is 0 Å². The second-order valence-electron chi connectivity index (χ2n) is 6.61. The first kappa shape index (κ1) is 18.2. The number of nitrogens with zero attached hydrogens (tertiary/aromatic N) is 2. The van der Waals surface area contributed by atoms with Crippen LogP contribution in [-0.4, -0.2) is 64.7 Å². The highest BCUT2D eigenvalue weighted by Crippen LogP contribution is 2.29. The van der Waals surface area contributed by atoms with Gasteiger partial charge in [0.15, 0.2) is 0 Å². The number of halogens is 1. The lowest BCUT2D eigenvalue weighted by atomic mass is 9.87. The van der Waals surface area contributed by atoms with Gasteiger partial charge in [-0.3, -0.25) is 9.69 Å². The average Bonchev–Trinajstić information content (AvgIpc) is 2.63. The maximum Gasteiger partial charge on any atom is 0.410 e. The first-order chi connectivity index (χ1) is 12.5. The number of alkyl halides is 1. The summed E-state index contributed by atoms with van der Waals surface area (Å²) in [6.07, 6.45) is -0.970. The van der Waals surface area contributed by atoms with Gasteiger partial charge >= 0.3 is 12.1 Å². The molecule has 0 unspecified atom stereocenters. The van der Waals surface area contributed by atoms with Crippen molar-refractivity contribution < 1.29 is 28.6 Å². The van der Waals surface area contributed by atoms with Crippen LogP contribution in [0.4, 0.5) is 9.18 Å². The molecular weight excluding hydrogens is 343 g/mol. The monoisotopic (exact) mass is 364 g/mol. The van der Waals surface area contributed by atoms with Crippen molar-refractivity contribution in [3.8, 4) is 0 Å². The molecule has 2 aliphatic rings. The number of benzene rings is 1. The van der Waals surface area contributed by atoms with Crippen LogP contribution in [-0.2, 0) is 20.9 Å². The van der Waals surface area contributed by atoms with Crippen LogP contribution < -0.4 is 0 Å². The molecule has 1 N–H and O–H groups in total. The number of carbonyl (C=O) groups excluding carboxylic acids is 2. The first-order valence-electron chi connectivity index (χ1n) is 8.60. The number of amides is 2. The molecular formula is C18H21FN2O5. The minimum atomic E-state index is -1.29. The summed E-state index contributed by atoms with van der Waals surface area (Å²) in [5, 5.41) is 9.59. The smallest absolute Gasteiger partial charge is 0.410 e. The largest absolute Gasteiger partial charge is 0.480 e. The molecule has 140 valence electrons. The van der Waals surface area contributed by atoms with Crippen LogP contribution in [0.3, 0.4) is 0 Å². The highest BCUT2D eigenvalue weighted by molar-refractivity contribution is 5.90. The number of rotatable bonds is 4. The summed E-state index contributed by atoms with van der Waals surface area (Å²) in [7, 11) is 0. The fourth-order valence-corrected chi connectivity index (χ4v) is 3.41. The molecule has 0 saturated carbocycles. The molecule has 0 radical (unpaired) electrons. The molecule has 1 aromatic rings. The molecule has 26 heavy (non-hydrogen) atoms. The lowest BCUT2D eigenvalue weighted by Crippen LogP contribution is -2.60. The van der Waals surface area contributed by atoms with Crippen molar-refractivity contribution in [3.63, 3.8) is 0 Å². The zero-order valence-corrected chi connectivity index (χ0v) is 14.2. The molecule has 3 rings (SSSR count). The number of piperidine rings is 1. The zero-order valence-electron chi connectivity index (χ0n) is 14.2. The Labute approximate surface area is 150 Å². The Bertz CT molecular complexity index is 677. The third kappa shape index (κ3) is 3.79. The Morgan fingerprint density at radius 3 is 2.50 bits per heavy atom. The van der Waals surface area contributed by atoms with Crippen molar-refractivity contribution in [1.82, 2.24) is 9.80 Å². The van der Waals surface area contributed by atoms with Gasteiger partial charge in [0, 0.05) is 6.54 Å². The van der Waals surface area contributed by atoms with E-state index in [4.69, 9.17) is 4.74 Å². The fourth-order valence-electron chi connectivity index (χ4n) is 3.41. The Morgan fingerprint density at radius 1 is 1.19 bits per heavy atom. The molecule has 2 fully saturated rings. The minimum absolute atomic E-state index is 0.0138. The zero-order chi connectivity index (χ0) is 18.7. The molecule has 2 saturated heterocycles. The van der Waals surface area contributed by atoms with Crippen LogP contribution in [0.1, 0.15) is 18.4 Å². The second-order valence-corrected chi connectivity index (χ2v) is 6.61. The van der Waals surface area contributed by atoms with E-state index in [1.807, 2.05) is 18.2 Å². The number of carbonyl (C=O) groups is 3. The molecule has 2 heterocycles. The van der Waals surface area contributed by atoms with Crippen LogP contribution in [0.25, 0.3) is 0 Å². The number of carboxylic acids is 1. The van der Waals surface area contributed by atoms with Crippen molar-refractivity contribution in [2.45, 2.75) is 31.7 Å². The third-order valence-corrected chi connectivity index (χ3v) is 4.79. The van der Waals surface area contributed by atoms with Crippen LogP contribution in [0, 0.1) is 5.92 Å². The van der Waals surface area contributed by atoms with Crippen LogP contribution in [0.5, 0.6) is 0 Å². The molecule has 0 aliphatic carbocycles. The lowest BCUT2D eigenvalue weighted by molar-refractivity contribution is -0.157. The van der Waals surface area contributed by atoms with E-state index in [1.54, 1.807) is 12.1 Å². The predicted molar refractivity (Wildman–Crippen MR) is 89.0 cm³/mol. The summed E-state index contributed by atoms with van der Waals surface area (Å²) in [4.78, 5) is 39.1. The lowest BCUT2D eigenvalue weighted by Gasteiger charge is -2.42. The van der Waals surface area contributed by atoms with E-state index in [0.717, 1.165) is 10.5 Å². The average molecular weight is 364 g/mol. The molecule has 2 atom stereocenters. The van der Waals surface area contributed by atoms with Gasteiger partial charge in [0.1, 0.15) is 18.8 Å². The number of carboxylic acid groups (broad SMARTS) is 1. The predicted octanol–water partition coefficient (Wildman–Crippen LogP) is 1.67. The summed E-state index contributed by atoms with van der Waals surface area (Å²) in [6.45, 7) is 0.205. The molecule has 2 amide bonds. The molecule has 0 spiro atoms. The van der Waals surface area contributed by atoms with E-state index in [0.29, 0.717) is 12.8 Å². The molecule has 7 nitrogen and oxygen atoms in total. The van der Waals surface area contributed by atoms with Crippen LogP contribution in [0.15, 0.2) is 30.3 Å². The van der Waals surface area contributed by atoms with E-state index < -0.39 is 36.1 Å². The Kier molecular flexibility index (Phi) is 5.39.